The van der Waals surface area contributed by atoms with Gasteiger partial charge in [-0.2, -0.15) is 18.3 Å². The van der Waals surface area contributed by atoms with Crippen molar-refractivity contribution in [3.8, 4) is 28.7 Å². The maximum atomic E-state index is 13.1. The Balaban J connectivity index is 1.50. The minimum absolute atomic E-state index is 0.0319. The number of carbonyl (C=O) groups is 1. The summed E-state index contributed by atoms with van der Waals surface area (Å²) in [6.45, 7) is 4.26. The van der Waals surface area contributed by atoms with E-state index < -0.39 is 34.0 Å². The lowest BCUT2D eigenvalue weighted by molar-refractivity contribution is -0.385. The number of ether oxygens (including phenoxy) is 4. The predicted octanol–water partition coefficient (Wildman–Crippen LogP) is 8.20. The number of hydrogen-bond donors (Lipinski definition) is 1. The molecule has 4 rings (SSSR count). The van der Waals surface area contributed by atoms with Gasteiger partial charge in [0.1, 0.15) is 6.61 Å². The number of amides is 1. The molecule has 4 aromatic rings. The quantitative estimate of drug-likeness (QED) is 0.0874. The van der Waals surface area contributed by atoms with Crippen LogP contribution in [0.4, 0.5) is 18.9 Å². The Kier molecular flexibility index (Phi) is 11.0. The molecule has 0 fully saturated rings. The summed E-state index contributed by atoms with van der Waals surface area (Å²) in [5.41, 5.74) is 1.86. The number of nitro groups is 1. The smallest absolute Gasteiger partial charge is 0.416 e. The molecule has 240 valence electrons. The Morgan fingerprint density at radius 1 is 0.913 bits per heavy atom. The molecule has 0 aliphatic heterocycles. The van der Waals surface area contributed by atoms with Crippen LogP contribution < -0.4 is 24.4 Å². The van der Waals surface area contributed by atoms with Gasteiger partial charge >= 0.3 is 11.9 Å². The first-order valence-corrected chi connectivity index (χ1v) is 14.1. The van der Waals surface area contributed by atoms with Gasteiger partial charge in [-0.3, -0.25) is 14.9 Å². The SMILES string of the molecule is CCOc1cc(C(=O)N/N=C/c2cc(Cl)c(Oc3ccc(C(F)(F)F)cc3[N+](=O)[O-])c(OCC)c2)ccc1OCc1ccccc1. The number of nitrogens with one attached hydrogen (secondary N) is 1. The van der Waals surface area contributed by atoms with Crippen LogP contribution in [0.2, 0.25) is 5.02 Å². The monoisotopic (exact) mass is 657 g/mol. The van der Waals surface area contributed by atoms with Gasteiger partial charge in [0.2, 0.25) is 5.75 Å². The van der Waals surface area contributed by atoms with Crippen molar-refractivity contribution in [2.75, 3.05) is 13.2 Å². The Bertz CT molecular complexity index is 1730. The average Bonchev–Trinajstić information content (AvgIpc) is 3.02. The van der Waals surface area contributed by atoms with Gasteiger partial charge in [-0.1, -0.05) is 41.9 Å². The Morgan fingerprint density at radius 2 is 1.61 bits per heavy atom. The molecular weight excluding hydrogens is 631 g/mol. The van der Waals surface area contributed by atoms with Crippen LogP contribution in [0.15, 0.2) is 84.0 Å². The molecule has 0 heterocycles. The van der Waals surface area contributed by atoms with Gasteiger partial charge in [0.05, 0.1) is 34.9 Å². The fraction of sp³-hybridized carbons (Fsp3) is 0.188. The number of carbonyl (C=O) groups excluding carboxylic acids is 1. The van der Waals surface area contributed by atoms with Crippen molar-refractivity contribution < 1.29 is 41.8 Å². The first kappa shape index (κ1) is 33.6. The summed E-state index contributed by atoms with van der Waals surface area (Å²) in [6, 6.07) is 18.9. The zero-order valence-electron chi connectivity index (χ0n) is 24.5. The normalized spacial score (nSPS) is 11.3. The molecule has 14 heteroatoms. The van der Waals surface area contributed by atoms with Crippen LogP contribution >= 0.6 is 11.6 Å². The molecule has 0 bridgehead atoms. The second kappa shape index (κ2) is 15.1. The summed E-state index contributed by atoms with van der Waals surface area (Å²) in [4.78, 5) is 23.3. The molecule has 0 aliphatic rings. The molecule has 0 aliphatic carbocycles. The minimum atomic E-state index is -4.79. The molecule has 0 spiro atoms. The summed E-state index contributed by atoms with van der Waals surface area (Å²) in [5, 5.41) is 15.4. The van der Waals surface area contributed by atoms with E-state index in [9.17, 15) is 28.1 Å². The van der Waals surface area contributed by atoms with Gasteiger partial charge in [-0.05, 0) is 67.4 Å². The van der Waals surface area contributed by atoms with Crippen molar-refractivity contribution in [3.63, 3.8) is 0 Å². The van der Waals surface area contributed by atoms with Crippen LogP contribution in [0.1, 0.15) is 40.9 Å². The molecule has 0 unspecified atom stereocenters. The molecule has 0 saturated heterocycles. The van der Waals surface area contributed by atoms with E-state index in [1.807, 2.05) is 30.3 Å². The highest BCUT2D eigenvalue weighted by Gasteiger charge is 2.33. The lowest BCUT2D eigenvalue weighted by Crippen LogP contribution is -2.17. The summed E-state index contributed by atoms with van der Waals surface area (Å²) in [7, 11) is 0. The van der Waals surface area contributed by atoms with Crippen molar-refractivity contribution in [1.29, 1.82) is 0 Å². The first-order chi connectivity index (χ1) is 22.0. The number of benzene rings is 4. The van der Waals surface area contributed by atoms with Crippen molar-refractivity contribution >= 4 is 29.4 Å². The summed E-state index contributed by atoms with van der Waals surface area (Å²) < 4.78 is 62.0. The molecular formula is C32H27ClF3N3O7. The first-order valence-electron chi connectivity index (χ1n) is 13.8. The number of hydrogen-bond acceptors (Lipinski definition) is 8. The maximum absolute atomic E-state index is 13.1. The zero-order valence-corrected chi connectivity index (χ0v) is 25.2. The van der Waals surface area contributed by atoms with Crippen LogP contribution in [0.3, 0.4) is 0 Å². The van der Waals surface area contributed by atoms with Crippen molar-refractivity contribution in [2.45, 2.75) is 26.6 Å². The highest BCUT2D eigenvalue weighted by atomic mass is 35.5. The molecule has 4 aromatic carbocycles. The number of rotatable bonds is 13. The van der Waals surface area contributed by atoms with Crippen LogP contribution in [0, 0.1) is 10.1 Å². The molecule has 0 atom stereocenters. The zero-order chi connectivity index (χ0) is 33.3. The Hall–Kier alpha value is -5.30. The summed E-state index contributed by atoms with van der Waals surface area (Å²) in [6.07, 6.45) is -3.52. The molecule has 0 saturated carbocycles. The Labute approximate surface area is 266 Å². The van der Waals surface area contributed by atoms with Gasteiger partial charge in [0.25, 0.3) is 5.91 Å². The predicted molar refractivity (Wildman–Crippen MR) is 164 cm³/mol. The molecule has 0 aromatic heterocycles. The van der Waals surface area contributed by atoms with E-state index in [2.05, 4.69) is 10.5 Å². The van der Waals surface area contributed by atoms with Gasteiger partial charge in [0, 0.05) is 11.6 Å². The lowest BCUT2D eigenvalue weighted by Gasteiger charge is -2.15. The third-order valence-electron chi connectivity index (χ3n) is 6.15. The summed E-state index contributed by atoms with van der Waals surface area (Å²) in [5.74, 6) is -0.301. The minimum Gasteiger partial charge on any atom is -0.490 e. The van der Waals surface area contributed by atoms with E-state index in [0.29, 0.717) is 42.4 Å². The van der Waals surface area contributed by atoms with Gasteiger partial charge in [-0.15, -0.1) is 0 Å². The van der Waals surface area contributed by atoms with E-state index in [1.165, 1.54) is 24.4 Å². The van der Waals surface area contributed by atoms with E-state index in [4.69, 9.17) is 30.5 Å². The van der Waals surface area contributed by atoms with Crippen molar-refractivity contribution in [1.82, 2.24) is 5.43 Å². The topological polar surface area (TPSA) is 122 Å². The van der Waals surface area contributed by atoms with Crippen LogP contribution in [0.25, 0.3) is 0 Å². The number of halogens is 4. The van der Waals surface area contributed by atoms with Crippen molar-refractivity contribution in [2.24, 2.45) is 5.10 Å². The van der Waals surface area contributed by atoms with Gasteiger partial charge in [-0.25, -0.2) is 5.43 Å². The fourth-order valence-corrected chi connectivity index (χ4v) is 4.32. The van der Waals surface area contributed by atoms with Crippen molar-refractivity contribution in [3.05, 3.63) is 116 Å². The van der Waals surface area contributed by atoms with Crippen LogP contribution in [0.5, 0.6) is 28.7 Å². The fourth-order valence-electron chi connectivity index (χ4n) is 4.06. The van der Waals surface area contributed by atoms with E-state index >= 15 is 0 Å². The lowest BCUT2D eigenvalue weighted by atomic mass is 10.1. The molecule has 1 amide bonds. The third kappa shape index (κ3) is 8.66. The van der Waals surface area contributed by atoms with Gasteiger partial charge < -0.3 is 18.9 Å². The van der Waals surface area contributed by atoms with E-state index in [-0.39, 0.29) is 28.7 Å². The second-order valence-corrected chi connectivity index (χ2v) is 9.78. The number of nitrogens with zero attached hydrogens (tertiary/aromatic N) is 2. The Morgan fingerprint density at radius 3 is 2.28 bits per heavy atom. The van der Waals surface area contributed by atoms with E-state index in [0.717, 1.165) is 11.6 Å². The molecule has 46 heavy (non-hydrogen) atoms. The largest absolute Gasteiger partial charge is 0.490 e. The maximum Gasteiger partial charge on any atom is 0.416 e. The highest BCUT2D eigenvalue weighted by Crippen LogP contribution is 2.43. The van der Waals surface area contributed by atoms with Crippen LogP contribution in [-0.2, 0) is 12.8 Å². The molecule has 1 N–H and O–H groups in total. The van der Waals surface area contributed by atoms with Gasteiger partial charge in [0.15, 0.2) is 23.0 Å². The number of nitro benzene ring substituents is 1. The molecule has 10 nitrogen and oxygen atoms in total. The second-order valence-electron chi connectivity index (χ2n) is 9.37. The number of hydrazone groups is 1. The molecule has 0 radical (unpaired) electrons. The van der Waals surface area contributed by atoms with Crippen LogP contribution in [-0.4, -0.2) is 30.3 Å². The highest BCUT2D eigenvalue weighted by molar-refractivity contribution is 6.32. The third-order valence-corrected chi connectivity index (χ3v) is 6.43. The van der Waals surface area contributed by atoms with E-state index in [1.54, 1.807) is 26.0 Å². The average molecular weight is 658 g/mol. The standard InChI is InChI=1S/C32H27ClF3N3O7/c1-3-43-28-16-22(10-12-27(28)45-19-20-8-6-5-7-9-20)31(40)38-37-18-21-14-24(33)30(29(15-21)44-4-2)46-26-13-11-23(32(34,35)36)17-25(26)39(41)42/h5-18H,3-4,19H2,1-2H3,(H,38,40)/b37-18+. The summed E-state index contributed by atoms with van der Waals surface area (Å²) >= 11 is 6.39. The number of alkyl halides is 3.